The zero-order chi connectivity index (χ0) is 29.1. The topological polar surface area (TPSA) is 194 Å². The van der Waals surface area contributed by atoms with Gasteiger partial charge in [-0.25, -0.2) is 0 Å². The molecule has 0 bridgehead atoms. The SMILES string of the molecule is CN(C)[C@@H]1C(O)=C(C(N)=O)C(=O)[C@@]2(O)C(O)=C3C(=O)c4c(O)cc(NC(=O)CCN5CCCC5)cc4C[C@H]3C[C@@H]12. The summed E-state index contributed by atoms with van der Waals surface area (Å²) in [6, 6.07) is 1.80. The summed E-state index contributed by atoms with van der Waals surface area (Å²) in [5.74, 6) is -7.26. The molecule has 0 spiro atoms. The van der Waals surface area contributed by atoms with E-state index in [1.165, 1.54) is 11.0 Å². The highest BCUT2D eigenvalue weighted by Gasteiger charge is 2.63. The van der Waals surface area contributed by atoms with Crippen molar-refractivity contribution in [2.75, 3.05) is 39.0 Å². The number of allylic oxidation sites excluding steroid dienone is 1. The van der Waals surface area contributed by atoms with E-state index in [-0.39, 0.29) is 36.3 Å². The number of anilines is 1. The van der Waals surface area contributed by atoms with Gasteiger partial charge >= 0.3 is 0 Å². The van der Waals surface area contributed by atoms with Crippen molar-refractivity contribution in [1.29, 1.82) is 0 Å². The number of amides is 2. The van der Waals surface area contributed by atoms with Crippen LogP contribution in [0.25, 0.3) is 0 Å². The second-order valence-corrected chi connectivity index (χ2v) is 11.3. The molecular weight excluding hydrogens is 520 g/mol. The molecule has 12 heteroatoms. The van der Waals surface area contributed by atoms with Crippen LogP contribution in [0.5, 0.6) is 5.75 Å². The third kappa shape index (κ3) is 4.27. The average molecular weight is 555 g/mol. The number of fused-ring (bicyclic) bond motifs is 3. The first kappa shape index (κ1) is 27.8. The van der Waals surface area contributed by atoms with Crippen molar-refractivity contribution in [2.45, 2.75) is 43.7 Å². The first-order chi connectivity index (χ1) is 18.9. The van der Waals surface area contributed by atoms with E-state index in [9.17, 15) is 39.6 Å². The predicted molar refractivity (Wildman–Crippen MR) is 143 cm³/mol. The van der Waals surface area contributed by atoms with Gasteiger partial charge in [0.25, 0.3) is 5.91 Å². The van der Waals surface area contributed by atoms with Gasteiger partial charge in [-0.15, -0.1) is 0 Å². The number of nitrogens with two attached hydrogens (primary N) is 1. The molecule has 12 nitrogen and oxygen atoms in total. The van der Waals surface area contributed by atoms with Gasteiger partial charge in [0.2, 0.25) is 11.7 Å². The number of hydrogen-bond donors (Lipinski definition) is 6. The van der Waals surface area contributed by atoms with Gasteiger partial charge in [0.15, 0.2) is 11.4 Å². The molecular formula is C28H34N4O8. The lowest BCUT2D eigenvalue weighted by molar-refractivity contribution is -0.148. The van der Waals surface area contributed by atoms with Crippen LogP contribution in [0.4, 0.5) is 5.69 Å². The number of rotatable bonds is 6. The second-order valence-electron chi connectivity index (χ2n) is 11.3. The van der Waals surface area contributed by atoms with Crippen LogP contribution >= 0.6 is 0 Å². The maximum absolute atomic E-state index is 13.6. The van der Waals surface area contributed by atoms with Crippen molar-refractivity contribution in [2.24, 2.45) is 17.6 Å². The number of primary amides is 1. The van der Waals surface area contributed by atoms with Gasteiger partial charge in [-0.1, -0.05) is 0 Å². The summed E-state index contributed by atoms with van der Waals surface area (Å²) in [6.07, 6.45) is 2.67. The molecule has 1 saturated heterocycles. The highest BCUT2D eigenvalue weighted by Crippen LogP contribution is 2.52. The fraction of sp³-hybridized carbons (Fsp3) is 0.500. The lowest BCUT2D eigenvalue weighted by atomic mass is 9.58. The first-order valence-corrected chi connectivity index (χ1v) is 13.4. The number of phenols is 1. The number of aliphatic hydroxyl groups excluding tert-OH is 2. The molecule has 0 saturated carbocycles. The molecule has 0 unspecified atom stereocenters. The molecule has 1 aliphatic heterocycles. The van der Waals surface area contributed by atoms with E-state index < -0.39 is 63.8 Å². The second kappa shape index (κ2) is 10.0. The number of carbonyl (C=O) groups excluding carboxylic acids is 4. The Kier molecular flexibility index (Phi) is 6.97. The molecule has 5 rings (SSSR count). The van der Waals surface area contributed by atoms with Crippen LogP contribution in [0.3, 0.4) is 0 Å². The monoisotopic (exact) mass is 554 g/mol. The van der Waals surface area contributed by atoms with Gasteiger partial charge in [0, 0.05) is 36.2 Å². The third-order valence-corrected chi connectivity index (χ3v) is 8.67. The van der Waals surface area contributed by atoms with Crippen LogP contribution in [-0.2, 0) is 20.8 Å². The molecule has 2 amide bonds. The molecule has 1 fully saturated rings. The highest BCUT2D eigenvalue weighted by molar-refractivity contribution is 6.24. The number of nitrogens with zero attached hydrogens (tertiary/aromatic N) is 2. The Balaban J connectivity index is 1.49. The summed E-state index contributed by atoms with van der Waals surface area (Å²) < 4.78 is 0. The lowest BCUT2D eigenvalue weighted by Gasteiger charge is -2.50. The maximum atomic E-state index is 13.6. The van der Waals surface area contributed by atoms with Crippen molar-refractivity contribution in [1.82, 2.24) is 9.80 Å². The number of aliphatic hydroxyl groups is 3. The lowest BCUT2D eigenvalue weighted by Crippen LogP contribution is -2.63. The predicted octanol–water partition coefficient (Wildman–Crippen LogP) is 0.545. The van der Waals surface area contributed by atoms with Gasteiger partial charge in [-0.2, -0.15) is 0 Å². The van der Waals surface area contributed by atoms with Crippen molar-refractivity contribution in [3.63, 3.8) is 0 Å². The minimum atomic E-state index is -2.68. The van der Waals surface area contributed by atoms with E-state index in [0.29, 0.717) is 17.8 Å². The molecule has 0 radical (unpaired) electrons. The highest BCUT2D eigenvalue weighted by atomic mass is 16.3. The number of phenolic OH excluding ortho intramolecular Hbond substituents is 1. The van der Waals surface area contributed by atoms with Crippen molar-refractivity contribution >= 4 is 29.1 Å². The van der Waals surface area contributed by atoms with Crippen LogP contribution < -0.4 is 11.1 Å². The van der Waals surface area contributed by atoms with E-state index in [0.717, 1.165) is 25.9 Å². The van der Waals surface area contributed by atoms with Crippen LogP contribution in [0.2, 0.25) is 0 Å². The molecule has 3 aliphatic carbocycles. The van der Waals surface area contributed by atoms with Gasteiger partial charge in [0.1, 0.15) is 22.8 Å². The minimum Gasteiger partial charge on any atom is -0.510 e. The number of likely N-dealkylation sites (tertiary alicyclic amines) is 1. The molecule has 4 aliphatic rings. The molecule has 1 heterocycles. The Morgan fingerprint density at radius 1 is 1.15 bits per heavy atom. The molecule has 40 heavy (non-hydrogen) atoms. The van der Waals surface area contributed by atoms with Crippen molar-refractivity contribution in [3.8, 4) is 5.75 Å². The molecule has 0 aromatic heterocycles. The van der Waals surface area contributed by atoms with E-state index in [1.54, 1.807) is 20.2 Å². The van der Waals surface area contributed by atoms with E-state index in [1.807, 2.05) is 0 Å². The van der Waals surface area contributed by atoms with Crippen molar-refractivity contribution in [3.05, 3.63) is 45.9 Å². The molecule has 214 valence electrons. The Bertz CT molecular complexity index is 1380. The maximum Gasteiger partial charge on any atom is 0.255 e. The molecule has 1 aromatic carbocycles. The van der Waals surface area contributed by atoms with Gasteiger partial charge in [-0.05, 0) is 70.4 Å². The summed E-state index contributed by atoms with van der Waals surface area (Å²) in [4.78, 5) is 55.3. The number of Topliss-reactive ketones (excluding diaryl/α,β-unsaturated/α-hetero) is 2. The average Bonchev–Trinajstić information content (AvgIpc) is 3.38. The molecule has 1 aromatic rings. The van der Waals surface area contributed by atoms with Gasteiger partial charge in [0.05, 0.1) is 11.6 Å². The normalized spacial score (nSPS) is 28.4. The van der Waals surface area contributed by atoms with E-state index in [2.05, 4.69) is 10.2 Å². The van der Waals surface area contributed by atoms with Crippen molar-refractivity contribution < 1.29 is 39.6 Å². The summed E-state index contributed by atoms with van der Waals surface area (Å²) in [7, 11) is 3.15. The number of benzene rings is 1. The first-order valence-electron chi connectivity index (χ1n) is 13.4. The number of ketones is 2. The van der Waals surface area contributed by atoms with Crippen LogP contribution in [0.15, 0.2) is 34.8 Å². The smallest absolute Gasteiger partial charge is 0.255 e. The summed E-state index contributed by atoms with van der Waals surface area (Å²) in [5, 5.41) is 47.3. The van der Waals surface area contributed by atoms with Crippen LogP contribution in [-0.4, -0.2) is 99.0 Å². The van der Waals surface area contributed by atoms with E-state index >= 15 is 0 Å². The Morgan fingerprint density at radius 2 is 1.82 bits per heavy atom. The Morgan fingerprint density at radius 3 is 2.45 bits per heavy atom. The zero-order valence-corrected chi connectivity index (χ0v) is 22.4. The number of nitrogens with one attached hydrogen (secondary N) is 1. The number of aromatic hydroxyl groups is 1. The number of carbonyl (C=O) groups is 4. The number of likely N-dealkylation sites (N-methyl/N-ethyl adjacent to an activating group) is 1. The minimum absolute atomic E-state index is 0.00105. The largest absolute Gasteiger partial charge is 0.510 e. The fourth-order valence-corrected chi connectivity index (χ4v) is 6.84. The standard InChI is InChI=1S/C28H34N4O8/c1-31(2)22-16-11-14-9-13-10-15(30-18(34)5-8-32-6-3-4-7-32)12-17(33)19(13)23(35)20(14)25(37)28(16,40)26(38)21(24(22)36)27(29)39/h10,12,14,16,22,33,36-37,40H,3-9,11H2,1-2H3,(H2,29,39)(H,30,34)/t14-,16-,22-,28-/m0/s1. The fourth-order valence-electron chi connectivity index (χ4n) is 6.84. The number of hydrogen-bond acceptors (Lipinski definition) is 10. The summed E-state index contributed by atoms with van der Waals surface area (Å²) in [6.45, 7) is 2.56. The summed E-state index contributed by atoms with van der Waals surface area (Å²) in [5.41, 5.74) is 2.25. The van der Waals surface area contributed by atoms with Gasteiger partial charge < -0.3 is 36.4 Å². The molecule has 7 N–H and O–H groups in total. The zero-order valence-electron chi connectivity index (χ0n) is 22.4. The molecule has 4 atom stereocenters. The van der Waals surface area contributed by atoms with Crippen LogP contribution in [0.1, 0.15) is 41.6 Å². The quantitative estimate of drug-likeness (QED) is 0.270. The third-order valence-electron chi connectivity index (χ3n) is 8.67. The van der Waals surface area contributed by atoms with Gasteiger partial charge in [-0.3, -0.25) is 24.1 Å². The Hall–Kier alpha value is -3.74. The Labute approximate surface area is 230 Å². The van der Waals surface area contributed by atoms with E-state index in [4.69, 9.17) is 5.73 Å². The summed E-state index contributed by atoms with van der Waals surface area (Å²) >= 11 is 0. The van der Waals surface area contributed by atoms with Crippen LogP contribution in [0, 0.1) is 11.8 Å².